The van der Waals surface area contributed by atoms with Gasteiger partial charge in [0.05, 0.1) is 10.7 Å². The monoisotopic (exact) mass is 279 g/mol. The number of nitrogens with zero attached hydrogens (tertiary/aromatic N) is 2. The lowest BCUT2D eigenvalue weighted by Gasteiger charge is -2.35. The van der Waals surface area contributed by atoms with Gasteiger partial charge < -0.3 is 10.2 Å². The fourth-order valence-electron chi connectivity index (χ4n) is 3.40. The first-order valence-electron chi connectivity index (χ1n) is 7.02. The highest BCUT2D eigenvalue weighted by atomic mass is 32.1. The Morgan fingerprint density at radius 3 is 2.47 bits per heavy atom. The molecule has 0 aliphatic carbocycles. The van der Waals surface area contributed by atoms with Gasteiger partial charge in [0.25, 0.3) is 5.91 Å². The second-order valence-electron chi connectivity index (χ2n) is 5.83. The number of nitrogens with one attached hydrogen (secondary N) is 1. The van der Waals surface area contributed by atoms with E-state index in [0.717, 1.165) is 28.4 Å². The molecule has 19 heavy (non-hydrogen) atoms. The number of fused-ring (bicyclic) bond motifs is 2. The molecule has 1 aromatic rings. The summed E-state index contributed by atoms with van der Waals surface area (Å²) in [5, 5.41) is 4.59. The summed E-state index contributed by atoms with van der Waals surface area (Å²) in [6.07, 6.45) is 4.72. The number of aromatic nitrogens is 1. The summed E-state index contributed by atoms with van der Waals surface area (Å²) in [5.74, 6) is 0.148. The van der Waals surface area contributed by atoms with Crippen LogP contribution in [-0.4, -0.2) is 41.0 Å². The molecule has 4 nitrogen and oxygen atoms in total. The molecule has 1 N–H and O–H groups in total. The first kappa shape index (κ1) is 13.1. The maximum absolute atomic E-state index is 12.6. The molecular weight excluding hydrogens is 258 g/mol. The average Bonchev–Trinajstić information content (AvgIpc) is 2.89. The van der Waals surface area contributed by atoms with Crippen LogP contribution in [0, 0.1) is 13.8 Å². The Bertz CT molecular complexity index is 487. The molecule has 1 amide bonds. The zero-order valence-corrected chi connectivity index (χ0v) is 12.6. The number of carbonyl (C=O) groups excluding carboxylic acids is 1. The molecule has 0 spiro atoms. The van der Waals surface area contributed by atoms with Gasteiger partial charge in [-0.15, -0.1) is 11.3 Å². The maximum Gasteiger partial charge on any atom is 0.265 e. The standard InChI is InChI=1S/C14H21N3OS/c1-8-13(19-9(2)15-8)14(18)17(3)12-6-10-4-5-11(7-12)16-10/h10-12,16H,4-7H2,1-3H3. The van der Waals surface area contributed by atoms with Gasteiger partial charge in [0.15, 0.2) is 0 Å². The number of amides is 1. The Kier molecular flexibility index (Phi) is 3.35. The Balaban J connectivity index is 1.75. The van der Waals surface area contributed by atoms with Crippen LogP contribution in [0.15, 0.2) is 0 Å². The summed E-state index contributed by atoms with van der Waals surface area (Å²) in [6, 6.07) is 1.61. The van der Waals surface area contributed by atoms with Gasteiger partial charge in [-0.2, -0.15) is 0 Å². The van der Waals surface area contributed by atoms with Crippen molar-refractivity contribution in [1.29, 1.82) is 0 Å². The van der Waals surface area contributed by atoms with Crippen LogP contribution >= 0.6 is 11.3 Å². The molecular formula is C14H21N3OS. The van der Waals surface area contributed by atoms with E-state index in [1.165, 1.54) is 24.2 Å². The molecule has 0 aromatic carbocycles. The summed E-state index contributed by atoms with van der Waals surface area (Å²) in [4.78, 5) is 19.7. The molecule has 2 atom stereocenters. The maximum atomic E-state index is 12.6. The molecule has 3 heterocycles. The van der Waals surface area contributed by atoms with Crippen molar-refractivity contribution in [2.24, 2.45) is 0 Å². The van der Waals surface area contributed by atoms with Crippen LogP contribution in [0.5, 0.6) is 0 Å². The summed E-state index contributed by atoms with van der Waals surface area (Å²) < 4.78 is 0. The smallest absolute Gasteiger partial charge is 0.265 e. The SMILES string of the molecule is Cc1nc(C)c(C(=O)N(C)C2CC3CCC(C2)N3)s1. The number of piperidine rings is 1. The molecule has 0 saturated carbocycles. The predicted molar refractivity (Wildman–Crippen MR) is 76.6 cm³/mol. The second kappa shape index (κ2) is 4.87. The van der Waals surface area contributed by atoms with Crippen LogP contribution in [0.3, 0.4) is 0 Å². The number of aryl methyl sites for hydroxylation is 2. The van der Waals surface area contributed by atoms with Crippen molar-refractivity contribution < 1.29 is 4.79 Å². The van der Waals surface area contributed by atoms with Crippen molar-refractivity contribution in [3.05, 3.63) is 15.6 Å². The molecule has 3 rings (SSSR count). The van der Waals surface area contributed by atoms with Crippen molar-refractivity contribution in [3.63, 3.8) is 0 Å². The molecule has 104 valence electrons. The highest BCUT2D eigenvalue weighted by molar-refractivity contribution is 7.13. The van der Waals surface area contributed by atoms with E-state index in [-0.39, 0.29) is 5.91 Å². The summed E-state index contributed by atoms with van der Waals surface area (Å²) in [6.45, 7) is 3.88. The van der Waals surface area contributed by atoms with Gasteiger partial charge in [0, 0.05) is 25.2 Å². The normalized spacial score (nSPS) is 29.5. The average molecular weight is 279 g/mol. The van der Waals surface area contributed by atoms with Gasteiger partial charge in [-0.1, -0.05) is 0 Å². The minimum absolute atomic E-state index is 0.148. The molecule has 2 bridgehead atoms. The van der Waals surface area contributed by atoms with Crippen LogP contribution in [0.1, 0.15) is 46.1 Å². The van der Waals surface area contributed by atoms with E-state index in [2.05, 4.69) is 10.3 Å². The van der Waals surface area contributed by atoms with Gasteiger partial charge in [0.2, 0.25) is 0 Å². The quantitative estimate of drug-likeness (QED) is 0.902. The van der Waals surface area contributed by atoms with Crippen molar-refractivity contribution >= 4 is 17.2 Å². The molecule has 1 aromatic heterocycles. The third-order valence-corrected chi connectivity index (χ3v) is 5.47. The third-order valence-electron chi connectivity index (χ3n) is 4.41. The van der Waals surface area contributed by atoms with Gasteiger partial charge in [0.1, 0.15) is 4.88 Å². The van der Waals surface area contributed by atoms with Crippen LogP contribution in [0.25, 0.3) is 0 Å². The Morgan fingerprint density at radius 2 is 1.95 bits per heavy atom. The number of thiazole rings is 1. The van der Waals surface area contributed by atoms with Crippen molar-refractivity contribution in [2.45, 2.75) is 57.7 Å². The lowest BCUT2D eigenvalue weighted by atomic mass is 9.98. The van der Waals surface area contributed by atoms with E-state index in [4.69, 9.17) is 0 Å². The van der Waals surface area contributed by atoms with E-state index < -0.39 is 0 Å². The van der Waals surface area contributed by atoms with Crippen LogP contribution in [0.4, 0.5) is 0 Å². The zero-order valence-electron chi connectivity index (χ0n) is 11.8. The summed E-state index contributed by atoms with van der Waals surface area (Å²) in [7, 11) is 1.95. The van der Waals surface area contributed by atoms with Crippen LogP contribution < -0.4 is 5.32 Å². The Morgan fingerprint density at radius 1 is 1.32 bits per heavy atom. The summed E-state index contributed by atoms with van der Waals surface area (Å²) in [5.41, 5.74) is 0.872. The topological polar surface area (TPSA) is 45.2 Å². The van der Waals surface area contributed by atoms with Crippen LogP contribution in [0.2, 0.25) is 0 Å². The molecule has 2 saturated heterocycles. The lowest BCUT2D eigenvalue weighted by molar-refractivity contribution is 0.0685. The Labute approximate surface area is 118 Å². The Hall–Kier alpha value is -0.940. The van der Waals surface area contributed by atoms with Crippen molar-refractivity contribution in [2.75, 3.05) is 7.05 Å². The highest BCUT2D eigenvalue weighted by Crippen LogP contribution is 2.30. The van der Waals surface area contributed by atoms with E-state index >= 15 is 0 Å². The highest BCUT2D eigenvalue weighted by Gasteiger charge is 2.37. The molecule has 2 aliphatic rings. The molecule has 5 heteroatoms. The first-order chi connectivity index (χ1) is 9.04. The largest absolute Gasteiger partial charge is 0.338 e. The van der Waals surface area contributed by atoms with E-state index in [1.54, 1.807) is 0 Å². The minimum atomic E-state index is 0.148. The van der Waals surface area contributed by atoms with E-state index in [9.17, 15) is 4.79 Å². The van der Waals surface area contributed by atoms with Gasteiger partial charge >= 0.3 is 0 Å². The molecule has 2 unspecified atom stereocenters. The molecule has 0 radical (unpaired) electrons. The first-order valence-corrected chi connectivity index (χ1v) is 7.83. The number of rotatable bonds is 2. The molecule has 2 aliphatic heterocycles. The summed E-state index contributed by atoms with van der Waals surface area (Å²) >= 11 is 1.51. The van der Waals surface area contributed by atoms with Crippen molar-refractivity contribution in [3.8, 4) is 0 Å². The van der Waals surface area contributed by atoms with Crippen molar-refractivity contribution in [1.82, 2.24) is 15.2 Å². The lowest BCUT2D eigenvalue weighted by Crippen LogP contribution is -2.48. The molecule has 2 fully saturated rings. The van der Waals surface area contributed by atoms with Gasteiger partial charge in [-0.3, -0.25) is 4.79 Å². The number of hydrogen-bond acceptors (Lipinski definition) is 4. The van der Waals surface area contributed by atoms with Crippen LogP contribution in [-0.2, 0) is 0 Å². The van der Waals surface area contributed by atoms with E-state index in [0.29, 0.717) is 18.1 Å². The number of carbonyl (C=O) groups is 1. The third kappa shape index (κ3) is 2.41. The second-order valence-corrected chi connectivity index (χ2v) is 7.03. The zero-order chi connectivity index (χ0) is 13.6. The predicted octanol–water partition coefficient (Wildman–Crippen LogP) is 2.11. The van der Waals surface area contributed by atoms with Gasteiger partial charge in [-0.05, 0) is 39.5 Å². The van der Waals surface area contributed by atoms with E-state index in [1.807, 2.05) is 25.8 Å². The number of hydrogen-bond donors (Lipinski definition) is 1. The van der Waals surface area contributed by atoms with Gasteiger partial charge in [-0.25, -0.2) is 4.98 Å². The minimum Gasteiger partial charge on any atom is -0.338 e. The fourth-order valence-corrected chi connectivity index (χ4v) is 4.30. The fraction of sp³-hybridized carbons (Fsp3) is 0.714.